The monoisotopic (exact) mass is 985 g/mol. The molecule has 2 N–H and O–H groups in total. The summed E-state index contributed by atoms with van der Waals surface area (Å²) < 4.78 is 0. The van der Waals surface area contributed by atoms with E-state index in [1.807, 2.05) is 0 Å². The van der Waals surface area contributed by atoms with Gasteiger partial charge in [0.05, 0.1) is 22.8 Å². The molecule has 0 saturated carbocycles. The Hall–Kier alpha value is -7.30. The molecule has 0 amide bonds. The van der Waals surface area contributed by atoms with Crippen LogP contribution in [0.25, 0.3) is 79.8 Å². The molecule has 380 valence electrons. The second kappa shape index (κ2) is 18.8. The van der Waals surface area contributed by atoms with Crippen molar-refractivity contribution in [1.82, 2.24) is 19.9 Å². The van der Waals surface area contributed by atoms with Crippen molar-refractivity contribution >= 4 is 46.4 Å². The third-order valence-corrected chi connectivity index (χ3v) is 15.4. The summed E-state index contributed by atoms with van der Waals surface area (Å²) in [7, 11) is 0. The Labute approximate surface area is 447 Å². The van der Waals surface area contributed by atoms with E-state index in [-0.39, 0.29) is 33.0 Å². The predicted molar refractivity (Wildman–Crippen MR) is 322 cm³/mol. The van der Waals surface area contributed by atoms with E-state index in [0.717, 1.165) is 83.8 Å². The minimum absolute atomic E-state index is 0.00388. The van der Waals surface area contributed by atoms with E-state index in [0.29, 0.717) is 0 Å². The fraction of sp³-hybridized carbons (Fsp3) is 0.296. The van der Waals surface area contributed by atoms with Crippen molar-refractivity contribution in [2.24, 2.45) is 0 Å². The van der Waals surface area contributed by atoms with Crippen LogP contribution in [0.15, 0.2) is 146 Å². The van der Waals surface area contributed by atoms with Gasteiger partial charge in [0.1, 0.15) is 0 Å². The smallest absolute Gasteiger partial charge is 0.0737 e. The van der Waals surface area contributed by atoms with Crippen LogP contribution in [0.1, 0.15) is 177 Å². The number of H-pyrrole nitrogens is 2. The van der Waals surface area contributed by atoms with Gasteiger partial charge in [-0.2, -0.15) is 0 Å². The molecule has 4 heteroatoms. The standard InChI is InChI=1S/C71H76N4/c1-67(2,3)49-26-16-44(17-27-49)62(45-18-28-50(29-19-45)68(4,5)6)66-60-42-40-58(74-60)64(47-22-32-52(33-23-47)70(10,11)12)56-38-36-54(72-56)63(46-20-30-51(31-21-46)69(7,8)9)55-37-39-57(73-55)65(59-41-43-61(66)75-59)48-24-34-53(35-25-48)71(13,14)15/h16-43,62,72,75H,1-15H3. The maximum atomic E-state index is 5.79. The van der Waals surface area contributed by atoms with Crippen LogP contribution in [-0.2, 0) is 27.1 Å². The summed E-state index contributed by atoms with van der Waals surface area (Å²) in [6, 6.07) is 54.9. The summed E-state index contributed by atoms with van der Waals surface area (Å²) >= 11 is 0. The zero-order chi connectivity index (χ0) is 53.4. The van der Waals surface area contributed by atoms with Crippen LogP contribution >= 0.6 is 0 Å². The molecule has 0 unspecified atom stereocenters. The molecule has 3 aromatic heterocycles. The number of aromatic nitrogens is 4. The molecule has 5 aromatic carbocycles. The second-order valence-corrected chi connectivity index (χ2v) is 26.2. The Morgan fingerprint density at radius 3 is 0.813 bits per heavy atom. The van der Waals surface area contributed by atoms with Crippen LogP contribution < -0.4 is 0 Å². The number of rotatable bonds is 6. The molecule has 2 aliphatic heterocycles. The van der Waals surface area contributed by atoms with E-state index < -0.39 is 0 Å². The molecule has 10 rings (SSSR count). The van der Waals surface area contributed by atoms with Gasteiger partial charge in [-0.15, -0.1) is 0 Å². The third kappa shape index (κ3) is 10.3. The van der Waals surface area contributed by atoms with Gasteiger partial charge in [0, 0.05) is 50.2 Å². The van der Waals surface area contributed by atoms with E-state index in [4.69, 9.17) is 9.97 Å². The lowest BCUT2D eigenvalue weighted by Gasteiger charge is -2.24. The Morgan fingerprint density at radius 1 is 0.280 bits per heavy atom. The Morgan fingerprint density at radius 2 is 0.520 bits per heavy atom. The molecule has 4 nitrogen and oxygen atoms in total. The quantitative estimate of drug-likeness (QED) is 0.174. The van der Waals surface area contributed by atoms with Crippen LogP contribution in [0.4, 0.5) is 0 Å². The van der Waals surface area contributed by atoms with Crippen LogP contribution in [0.3, 0.4) is 0 Å². The van der Waals surface area contributed by atoms with Crippen LogP contribution in [0.2, 0.25) is 0 Å². The van der Waals surface area contributed by atoms with Crippen LogP contribution in [-0.4, -0.2) is 19.9 Å². The van der Waals surface area contributed by atoms with Gasteiger partial charge in [-0.05, 0) is 131 Å². The fourth-order valence-electron chi connectivity index (χ4n) is 10.7. The normalized spacial score (nSPS) is 13.3. The first-order valence-corrected chi connectivity index (χ1v) is 27.0. The summed E-state index contributed by atoms with van der Waals surface area (Å²) in [4.78, 5) is 19.5. The number of hydrogen-bond donors (Lipinski definition) is 2. The topological polar surface area (TPSA) is 57.4 Å². The summed E-state index contributed by atoms with van der Waals surface area (Å²) in [5.41, 5.74) is 24.0. The molecule has 0 fully saturated rings. The molecular formula is C71H76N4. The summed E-state index contributed by atoms with van der Waals surface area (Å²) in [5.74, 6) is -0.173. The summed E-state index contributed by atoms with van der Waals surface area (Å²) in [6.45, 7) is 34.2. The molecule has 5 heterocycles. The fourth-order valence-corrected chi connectivity index (χ4v) is 10.7. The number of aromatic amines is 2. The van der Waals surface area contributed by atoms with Gasteiger partial charge in [0.25, 0.3) is 0 Å². The zero-order valence-electron chi connectivity index (χ0n) is 47.1. The molecule has 75 heavy (non-hydrogen) atoms. The molecule has 0 radical (unpaired) electrons. The first-order chi connectivity index (χ1) is 35.3. The lowest BCUT2D eigenvalue weighted by atomic mass is 9.80. The predicted octanol–water partition coefficient (Wildman–Crippen LogP) is 19.3. The molecule has 2 aliphatic rings. The lowest BCUT2D eigenvalue weighted by Crippen LogP contribution is -2.13. The van der Waals surface area contributed by atoms with E-state index in [9.17, 15) is 0 Å². The van der Waals surface area contributed by atoms with E-state index >= 15 is 0 Å². The van der Waals surface area contributed by atoms with Gasteiger partial charge in [0.15, 0.2) is 0 Å². The Balaban J connectivity index is 1.36. The van der Waals surface area contributed by atoms with Gasteiger partial charge < -0.3 is 9.97 Å². The number of nitrogens with one attached hydrogen (secondary N) is 2. The van der Waals surface area contributed by atoms with E-state index in [2.05, 4.69) is 284 Å². The Kier molecular flexibility index (Phi) is 12.8. The minimum Gasteiger partial charge on any atom is -0.355 e. The van der Waals surface area contributed by atoms with Crippen molar-refractivity contribution in [3.63, 3.8) is 0 Å². The summed E-state index contributed by atoms with van der Waals surface area (Å²) in [5, 5.41) is 0. The highest BCUT2D eigenvalue weighted by molar-refractivity contribution is 5.98. The zero-order valence-corrected chi connectivity index (χ0v) is 47.1. The molecule has 8 bridgehead atoms. The van der Waals surface area contributed by atoms with Crippen molar-refractivity contribution in [3.05, 3.63) is 213 Å². The maximum Gasteiger partial charge on any atom is 0.0737 e. The highest BCUT2D eigenvalue weighted by Crippen LogP contribution is 2.43. The Bertz CT molecular complexity index is 3540. The van der Waals surface area contributed by atoms with Gasteiger partial charge in [0.2, 0.25) is 0 Å². The van der Waals surface area contributed by atoms with Crippen LogP contribution in [0.5, 0.6) is 0 Å². The van der Waals surface area contributed by atoms with Crippen molar-refractivity contribution in [1.29, 1.82) is 0 Å². The largest absolute Gasteiger partial charge is 0.355 e. The SMILES string of the molecule is CC(C)(C)c1ccc(-c2c3nc(c(-c4ccc(C(C)(C)C)cc4)c4ccc([nH]4)c(C(c4ccc(C(C)(C)C)cc4)c4ccc(C(C)(C)C)cc4)c4nc(c(-c5ccc(C(C)(C)C)cc5)c5ccc2[nH]5)C=C4)C=C3)cc1. The van der Waals surface area contributed by atoms with Crippen molar-refractivity contribution in [3.8, 4) is 33.4 Å². The molecular weight excluding hydrogens is 909 g/mol. The highest BCUT2D eigenvalue weighted by Gasteiger charge is 2.27. The van der Waals surface area contributed by atoms with Crippen molar-refractivity contribution in [2.45, 2.75) is 137 Å². The first kappa shape index (κ1) is 51.2. The molecule has 0 atom stereocenters. The van der Waals surface area contributed by atoms with Crippen molar-refractivity contribution < 1.29 is 0 Å². The summed E-state index contributed by atoms with van der Waals surface area (Å²) in [6.07, 6.45) is 8.87. The minimum atomic E-state index is -0.173. The van der Waals surface area contributed by atoms with Gasteiger partial charge in [-0.25, -0.2) is 9.97 Å². The van der Waals surface area contributed by atoms with Crippen molar-refractivity contribution in [2.75, 3.05) is 0 Å². The maximum absolute atomic E-state index is 5.79. The second-order valence-electron chi connectivity index (χ2n) is 26.2. The number of benzene rings is 5. The molecule has 0 saturated heterocycles. The van der Waals surface area contributed by atoms with E-state index in [1.54, 1.807) is 0 Å². The first-order valence-electron chi connectivity index (χ1n) is 27.0. The van der Waals surface area contributed by atoms with Gasteiger partial charge in [-0.3, -0.25) is 0 Å². The number of fused-ring (bicyclic) bond motifs is 8. The van der Waals surface area contributed by atoms with Crippen LogP contribution in [0, 0.1) is 0 Å². The average molecular weight is 985 g/mol. The molecule has 0 spiro atoms. The van der Waals surface area contributed by atoms with Gasteiger partial charge in [-0.1, -0.05) is 225 Å². The highest BCUT2D eigenvalue weighted by atomic mass is 14.8. The molecule has 0 aliphatic carbocycles. The number of nitrogens with zero attached hydrogens (tertiary/aromatic N) is 2. The third-order valence-electron chi connectivity index (χ3n) is 15.4. The van der Waals surface area contributed by atoms with Gasteiger partial charge >= 0.3 is 0 Å². The number of hydrogen-bond acceptors (Lipinski definition) is 2. The molecule has 8 aromatic rings. The lowest BCUT2D eigenvalue weighted by molar-refractivity contribution is 0.589. The van der Waals surface area contributed by atoms with E-state index in [1.165, 1.54) is 38.9 Å². The average Bonchev–Trinajstić information content (AvgIpc) is 4.21.